The van der Waals surface area contributed by atoms with E-state index in [9.17, 15) is 4.79 Å². The van der Waals surface area contributed by atoms with Crippen LogP contribution in [0.15, 0.2) is 18.2 Å². The normalized spacial score (nSPS) is 12.0. The lowest BCUT2D eigenvalue weighted by atomic mass is 10.2. The van der Waals surface area contributed by atoms with E-state index in [1.807, 2.05) is 6.92 Å². The van der Waals surface area contributed by atoms with E-state index >= 15 is 0 Å². The summed E-state index contributed by atoms with van der Waals surface area (Å²) in [5.41, 5.74) is 0.906. The molecular formula is C15H23ClN2O3. The first-order valence-corrected chi connectivity index (χ1v) is 7.32. The van der Waals surface area contributed by atoms with Crippen LogP contribution in [0.2, 0.25) is 5.02 Å². The molecule has 1 aromatic rings. The third kappa shape index (κ3) is 6.80. The minimum absolute atomic E-state index is 0.141. The van der Waals surface area contributed by atoms with Crippen LogP contribution >= 0.6 is 11.6 Å². The maximum Gasteiger partial charge on any atom is 0.260 e. The highest BCUT2D eigenvalue weighted by atomic mass is 35.5. The third-order valence-electron chi connectivity index (χ3n) is 2.89. The average Bonchev–Trinajstić information content (AvgIpc) is 2.45. The third-order valence-corrected chi connectivity index (χ3v) is 3.13. The van der Waals surface area contributed by atoms with Gasteiger partial charge in [-0.2, -0.15) is 0 Å². The Kier molecular flexibility index (Phi) is 8.12. The molecule has 1 unspecified atom stereocenters. The van der Waals surface area contributed by atoms with Gasteiger partial charge in [-0.15, -0.1) is 0 Å². The number of halogens is 1. The van der Waals surface area contributed by atoms with Gasteiger partial charge in [-0.05, 0) is 37.6 Å². The molecular weight excluding hydrogens is 292 g/mol. The largest absolute Gasteiger partial charge is 0.481 e. The summed E-state index contributed by atoms with van der Waals surface area (Å²) in [5, 5.41) is 6.62. The lowest BCUT2D eigenvalue weighted by molar-refractivity contribution is -0.127. The van der Waals surface area contributed by atoms with Gasteiger partial charge in [0.25, 0.3) is 5.91 Å². The lowest BCUT2D eigenvalue weighted by Crippen LogP contribution is -2.40. The SMILES string of the molecule is COCCNCCNC(=O)C(C)Oc1ccc(Cl)cc1C. The van der Waals surface area contributed by atoms with Gasteiger partial charge in [0.1, 0.15) is 5.75 Å². The number of carbonyl (C=O) groups is 1. The number of hydrogen-bond acceptors (Lipinski definition) is 4. The molecule has 0 aliphatic rings. The molecule has 2 N–H and O–H groups in total. The van der Waals surface area contributed by atoms with Crippen molar-refractivity contribution in [2.75, 3.05) is 33.4 Å². The highest BCUT2D eigenvalue weighted by Crippen LogP contribution is 2.22. The van der Waals surface area contributed by atoms with Gasteiger partial charge >= 0.3 is 0 Å². The Morgan fingerprint density at radius 2 is 2.10 bits per heavy atom. The minimum atomic E-state index is -0.552. The fourth-order valence-corrected chi connectivity index (χ4v) is 1.93. The molecule has 0 saturated carbocycles. The van der Waals surface area contributed by atoms with Crippen LogP contribution in [0, 0.1) is 6.92 Å². The highest BCUT2D eigenvalue weighted by molar-refractivity contribution is 6.30. The first-order chi connectivity index (χ1) is 10.0. The number of amides is 1. The summed E-state index contributed by atoms with van der Waals surface area (Å²) in [6, 6.07) is 5.32. The molecule has 0 bridgehead atoms. The van der Waals surface area contributed by atoms with Gasteiger partial charge in [0.05, 0.1) is 6.61 Å². The molecule has 1 amide bonds. The molecule has 0 heterocycles. The van der Waals surface area contributed by atoms with Gasteiger partial charge in [0.2, 0.25) is 0 Å². The second-order valence-corrected chi connectivity index (χ2v) is 5.14. The van der Waals surface area contributed by atoms with E-state index < -0.39 is 6.10 Å². The van der Waals surface area contributed by atoms with Gasteiger partial charge in [-0.1, -0.05) is 11.6 Å². The van der Waals surface area contributed by atoms with Crippen molar-refractivity contribution in [1.82, 2.24) is 10.6 Å². The van der Waals surface area contributed by atoms with Crippen molar-refractivity contribution in [3.05, 3.63) is 28.8 Å². The van der Waals surface area contributed by atoms with Crippen LogP contribution < -0.4 is 15.4 Å². The maximum absolute atomic E-state index is 11.9. The van der Waals surface area contributed by atoms with Gasteiger partial charge in [0, 0.05) is 31.8 Å². The molecule has 0 aromatic heterocycles. The monoisotopic (exact) mass is 314 g/mol. The number of aryl methyl sites for hydroxylation is 1. The van der Waals surface area contributed by atoms with E-state index in [1.165, 1.54) is 0 Å². The van der Waals surface area contributed by atoms with Gasteiger partial charge < -0.3 is 20.1 Å². The molecule has 1 rings (SSSR count). The summed E-state index contributed by atoms with van der Waals surface area (Å²) >= 11 is 5.89. The summed E-state index contributed by atoms with van der Waals surface area (Å²) in [6.45, 7) is 6.29. The Bertz CT molecular complexity index is 455. The number of benzene rings is 1. The summed E-state index contributed by atoms with van der Waals surface area (Å²) in [4.78, 5) is 11.9. The number of ether oxygens (including phenoxy) is 2. The van der Waals surface area contributed by atoms with Gasteiger partial charge in [-0.25, -0.2) is 0 Å². The van der Waals surface area contributed by atoms with Crippen molar-refractivity contribution < 1.29 is 14.3 Å². The zero-order valence-corrected chi connectivity index (χ0v) is 13.5. The molecule has 0 radical (unpaired) electrons. The first kappa shape index (κ1) is 17.8. The van der Waals surface area contributed by atoms with Crippen LogP contribution in [0.3, 0.4) is 0 Å². The molecule has 5 nitrogen and oxygen atoms in total. The second-order valence-electron chi connectivity index (χ2n) is 4.70. The van der Waals surface area contributed by atoms with Crippen LogP contribution in [0.1, 0.15) is 12.5 Å². The van der Waals surface area contributed by atoms with E-state index in [0.29, 0.717) is 30.5 Å². The summed E-state index contributed by atoms with van der Waals surface area (Å²) in [6.07, 6.45) is -0.552. The average molecular weight is 315 g/mol. The Balaban J connectivity index is 2.30. The Morgan fingerprint density at radius 1 is 1.33 bits per heavy atom. The van der Waals surface area contributed by atoms with Gasteiger partial charge in [-0.3, -0.25) is 4.79 Å². The summed E-state index contributed by atoms with van der Waals surface area (Å²) in [7, 11) is 1.65. The first-order valence-electron chi connectivity index (χ1n) is 6.94. The number of rotatable bonds is 9. The summed E-state index contributed by atoms with van der Waals surface area (Å²) in [5.74, 6) is 0.526. The maximum atomic E-state index is 11.9. The molecule has 1 aromatic carbocycles. The lowest BCUT2D eigenvalue weighted by Gasteiger charge is -2.16. The highest BCUT2D eigenvalue weighted by Gasteiger charge is 2.14. The molecule has 21 heavy (non-hydrogen) atoms. The van der Waals surface area contributed by atoms with Crippen LogP contribution in [0.5, 0.6) is 5.75 Å². The molecule has 0 saturated heterocycles. The van der Waals surface area contributed by atoms with Crippen molar-refractivity contribution in [3.8, 4) is 5.75 Å². The van der Waals surface area contributed by atoms with Crippen LogP contribution in [-0.4, -0.2) is 45.4 Å². The topological polar surface area (TPSA) is 59.6 Å². The van der Waals surface area contributed by atoms with Crippen LogP contribution in [0.25, 0.3) is 0 Å². The van der Waals surface area contributed by atoms with E-state index in [0.717, 1.165) is 12.1 Å². The van der Waals surface area contributed by atoms with Gasteiger partial charge in [0.15, 0.2) is 6.10 Å². The molecule has 0 aliphatic carbocycles. The van der Waals surface area contributed by atoms with Crippen molar-refractivity contribution in [3.63, 3.8) is 0 Å². The molecule has 1 atom stereocenters. The Labute approximate surface area is 131 Å². The Morgan fingerprint density at radius 3 is 2.76 bits per heavy atom. The molecule has 0 spiro atoms. The van der Waals surface area contributed by atoms with E-state index in [2.05, 4.69) is 10.6 Å². The number of nitrogens with one attached hydrogen (secondary N) is 2. The quantitative estimate of drug-likeness (QED) is 0.682. The van der Waals surface area contributed by atoms with Crippen LogP contribution in [0.4, 0.5) is 0 Å². The van der Waals surface area contributed by atoms with Crippen molar-refractivity contribution >= 4 is 17.5 Å². The number of hydrogen-bond donors (Lipinski definition) is 2. The second kappa shape index (κ2) is 9.60. The molecule has 6 heteroatoms. The van der Waals surface area contributed by atoms with E-state index in [1.54, 1.807) is 32.2 Å². The van der Waals surface area contributed by atoms with E-state index in [4.69, 9.17) is 21.1 Å². The number of methoxy groups -OCH3 is 1. The Hall–Kier alpha value is -1.30. The van der Waals surface area contributed by atoms with Crippen molar-refractivity contribution in [2.24, 2.45) is 0 Å². The molecule has 0 aliphatic heterocycles. The molecule has 0 fully saturated rings. The fourth-order valence-electron chi connectivity index (χ4n) is 1.71. The smallest absolute Gasteiger partial charge is 0.260 e. The van der Waals surface area contributed by atoms with E-state index in [-0.39, 0.29) is 5.91 Å². The zero-order valence-electron chi connectivity index (χ0n) is 12.7. The zero-order chi connectivity index (χ0) is 15.7. The predicted molar refractivity (Wildman–Crippen MR) is 84.0 cm³/mol. The van der Waals surface area contributed by atoms with Crippen LogP contribution in [-0.2, 0) is 9.53 Å². The predicted octanol–water partition coefficient (Wildman–Crippen LogP) is 1.77. The van der Waals surface area contributed by atoms with Crippen molar-refractivity contribution in [2.45, 2.75) is 20.0 Å². The number of carbonyl (C=O) groups excluding carboxylic acids is 1. The summed E-state index contributed by atoms with van der Waals surface area (Å²) < 4.78 is 10.6. The fraction of sp³-hybridized carbons (Fsp3) is 0.533. The van der Waals surface area contributed by atoms with Crippen molar-refractivity contribution in [1.29, 1.82) is 0 Å². The molecule has 118 valence electrons. The standard InChI is InChI=1S/C15H23ClN2O3/c1-11-10-13(16)4-5-14(11)21-12(2)15(19)18-7-6-17-8-9-20-3/h4-5,10,12,17H,6-9H2,1-3H3,(H,18,19). The minimum Gasteiger partial charge on any atom is -0.481 e.